The molecule has 210 valence electrons. The van der Waals surface area contributed by atoms with Crippen molar-refractivity contribution in [3.63, 3.8) is 0 Å². The van der Waals surface area contributed by atoms with Gasteiger partial charge in [-0.2, -0.15) is 5.10 Å². The number of carbonyl (C=O) groups excluding carboxylic acids is 2. The third-order valence-electron chi connectivity index (χ3n) is 6.31. The van der Waals surface area contributed by atoms with E-state index >= 15 is 0 Å². The summed E-state index contributed by atoms with van der Waals surface area (Å²) in [7, 11) is 1.53. The normalized spacial score (nSPS) is 11.7. The minimum atomic E-state index is -1.18. The van der Waals surface area contributed by atoms with Crippen LogP contribution in [0.5, 0.6) is 11.5 Å². The van der Waals surface area contributed by atoms with Crippen LogP contribution in [-0.2, 0) is 28.0 Å². The number of nitrogens with zero attached hydrogens (tertiary/aromatic N) is 2. The lowest BCUT2D eigenvalue weighted by molar-refractivity contribution is -0.158. The summed E-state index contributed by atoms with van der Waals surface area (Å²) in [5.41, 5.74) is 3.19. The van der Waals surface area contributed by atoms with E-state index in [-0.39, 0.29) is 24.5 Å². The van der Waals surface area contributed by atoms with Crippen LogP contribution in [0.25, 0.3) is 11.3 Å². The van der Waals surface area contributed by atoms with Crippen LogP contribution in [0.3, 0.4) is 0 Å². The third kappa shape index (κ3) is 7.40. The second-order valence-corrected chi connectivity index (χ2v) is 11.0. The van der Waals surface area contributed by atoms with Crippen molar-refractivity contribution in [1.29, 1.82) is 0 Å². The third-order valence-corrected chi connectivity index (χ3v) is 6.31. The monoisotopic (exact) mass is 535 g/mol. The molecule has 0 spiro atoms. The number of esters is 1. The van der Waals surface area contributed by atoms with E-state index in [9.17, 15) is 9.59 Å². The van der Waals surface area contributed by atoms with Gasteiger partial charge in [-0.3, -0.25) is 9.48 Å². The number of rotatable bonds is 11. The second kappa shape index (κ2) is 12.4. The highest BCUT2D eigenvalue weighted by Crippen LogP contribution is 2.32. The first kappa shape index (κ1) is 29.7. The first-order chi connectivity index (χ1) is 18.4. The highest BCUT2D eigenvalue weighted by molar-refractivity contribution is 5.93. The largest absolute Gasteiger partial charge is 0.493 e. The van der Waals surface area contributed by atoms with E-state index in [0.717, 1.165) is 23.2 Å². The number of benzene rings is 2. The predicted octanol–water partition coefficient (Wildman–Crippen LogP) is 5.92. The van der Waals surface area contributed by atoms with Crippen LogP contribution < -0.4 is 14.8 Å². The molecular formula is C31H41N3O5. The molecule has 0 atom stereocenters. The summed E-state index contributed by atoms with van der Waals surface area (Å²) >= 11 is 0. The number of ether oxygens (including phenoxy) is 3. The molecule has 8 nitrogen and oxygen atoms in total. The molecule has 0 saturated heterocycles. The lowest BCUT2D eigenvalue weighted by Gasteiger charge is -2.25. The van der Waals surface area contributed by atoms with E-state index in [1.807, 2.05) is 12.1 Å². The smallest absolute Gasteiger partial charge is 0.349 e. The molecule has 0 aliphatic rings. The molecule has 1 amide bonds. The summed E-state index contributed by atoms with van der Waals surface area (Å²) in [5, 5.41) is 7.71. The molecule has 0 unspecified atom stereocenters. The maximum absolute atomic E-state index is 13.2. The van der Waals surface area contributed by atoms with E-state index < -0.39 is 11.6 Å². The van der Waals surface area contributed by atoms with Gasteiger partial charge in [0, 0.05) is 18.7 Å². The Kier molecular flexibility index (Phi) is 9.43. The Hall–Kier alpha value is -3.81. The van der Waals surface area contributed by atoms with Gasteiger partial charge in [0.1, 0.15) is 5.69 Å². The number of aryl methyl sites for hydroxylation is 1. The van der Waals surface area contributed by atoms with Crippen LogP contribution in [-0.4, -0.2) is 41.0 Å². The minimum absolute atomic E-state index is 0.0647. The first-order valence-corrected chi connectivity index (χ1v) is 13.4. The summed E-state index contributed by atoms with van der Waals surface area (Å²) in [6.07, 6.45) is 0.852. The minimum Gasteiger partial charge on any atom is -0.493 e. The van der Waals surface area contributed by atoms with Crippen molar-refractivity contribution in [3.05, 3.63) is 65.4 Å². The predicted molar refractivity (Wildman–Crippen MR) is 152 cm³/mol. The molecule has 1 aromatic heterocycles. The van der Waals surface area contributed by atoms with Gasteiger partial charge in [0.15, 0.2) is 17.1 Å². The fraction of sp³-hybridized carbons (Fsp3) is 0.452. The van der Waals surface area contributed by atoms with E-state index in [1.165, 1.54) is 12.7 Å². The molecule has 1 heterocycles. The fourth-order valence-corrected chi connectivity index (χ4v) is 4.06. The molecule has 0 radical (unpaired) electrons. The van der Waals surface area contributed by atoms with Gasteiger partial charge < -0.3 is 19.5 Å². The Bertz CT molecular complexity index is 1290. The Morgan fingerprint density at radius 3 is 2.23 bits per heavy atom. The molecule has 0 aliphatic heterocycles. The molecule has 2 aromatic carbocycles. The molecule has 0 fully saturated rings. The summed E-state index contributed by atoms with van der Waals surface area (Å²) in [5.74, 6) is 0.192. The van der Waals surface area contributed by atoms with Gasteiger partial charge in [-0.1, -0.05) is 58.0 Å². The molecule has 3 aromatic rings. The van der Waals surface area contributed by atoms with Gasteiger partial charge in [-0.15, -0.1) is 0 Å². The van der Waals surface area contributed by atoms with Gasteiger partial charge in [0.05, 0.1) is 19.4 Å². The topological polar surface area (TPSA) is 91.7 Å². The van der Waals surface area contributed by atoms with Crippen LogP contribution in [0.2, 0.25) is 0 Å². The molecule has 3 rings (SSSR count). The number of hydrogen-bond acceptors (Lipinski definition) is 6. The van der Waals surface area contributed by atoms with Crippen molar-refractivity contribution < 1.29 is 23.8 Å². The SMILES string of the molecule is CCCn1nc(-c2ccc(C(C)(C)C)cc2)cc1C(=O)NCc1ccc(OC(C)(C)C(=O)OCC)c(OC)c1. The van der Waals surface area contributed by atoms with Crippen molar-refractivity contribution >= 4 is 11.9 Å². The highest BCUT2D eigenvalue weighted by atomic mass is 16.6. The van der Waals surface area contributed by atoms with Crippen molar-refractivity contribution in [2.24, 2.45) is 0 Å². The number of carbonyl (C=O) groups is 2. The maximum atomic E-state index is 13.2. The van der Waals surface area contributed by atoms with Crippen LogP contribution >= 0.6 is 0 Å². The number of aromatic nitrogens is 2. The molecule has 0 saturated carbocycles. The standard InChI is InChI=1S/C31H41N3O5/c1-9-17-34-25(19-24(33-34)22-12-14-23(15-13-22)30(3,4)5)28(35)32-20-21-11-16-26(27(18-21)37-8)39-31(6,7)29(36)38-10-2/h11-16,18-19H,9-10,17,20H2,1-8H3,(H,32,35). The van der Waals surface area contributed by atoms with Crippen LogP contribution in [0.15, 0.2) is 48.5 Å². The summed E-state index contributed by atoms with van der Waals surface area (Å²) in [6.45, 7) is 14.8. The molecular weight excluding hydrogens is 494 g/mol. The Morgan fingerprint density at radius 1 is 0.949 bits per heavy atom. The van der Waals surface area contributed by atoms with E-state index in [0.29, 0.717) is 23.7 Å². The van der Waals surface area contributed by atoms with E-state index in [1.54, 1.807) is 37.6 Å². The van der Waals surface area contributed by atoms with Crippen LogP contribution in [0, 0.1) is 0 Å². The van der Waals surface area contributed by atoms with Crippen molar-refractivity contribution in [3.8, 4) is 22.8 Å². The highest BCUT2D eigenvalue weighted by Gasteiger charge is 2.32. The lowest BCUT2D eigenvalue weighted by Crippen LogP contribution is -2.39. The van der Waals surface area contributed by atoms with Crippen molar-refractivity contribution in [1.82, 2.24) is 15.1 Å². The molecule has 0 aliphatic carbocycles. The van der Waals surface area contributed by atoms with E-state index in [4.69, 9.17) is 19.3 Å². The zero-order valence-electron chi connectivity index (χ0n) is 24.4. The van der Waals surface area contributed by atoms with E-state index in [2.05, 4.69) is 57.3 Å². The Morgan fingerprint density at radius 2 is 1.64 bits per heavy atom. The Labute approximate surface area is 231 Å². The second-order valence-electron chi connectivity index (χ2n) is 11.0. The van der Waals surface area contributed by atoms with Crippen LogP contribution in [0.1, 0.15) is 76.5 Å². The Balaban J connectivity index is 1.75. The molecule has 1 N–H and O–H groups in total. The van der Waals surface area contributed by atoms with Crippen molar-refractivity contribution in [2.75, 3.05) is 13.7 Å². The zero-order valence-corrected chi connectivity index (χ0v) is 24.4. The van der Waals surface area contributed by atoms with Gasteiger partial charge in [-0.25, -0.2) is 4.79 Å². The van der Waals surface area contributed by atoms with Gasteiger partial charge >= 0.3 is 5.97 Å². The molecule has 39 heavy (non-hydrogen) atoms. The number of nitrogens with one attached hydrogen (secondary N) is 1. The molecule has 8 heteroatoms. The summed E-state index contributed by atoms with van der Waals surface area (Å²) in [6, 6.07) is 15.5. The summed E-state index contributed by atoms with van der Waals surface area (Å²) in [4.78, 5) is 25.4. The zero-order chi connectivity index (χ0) is 28.8. The summed E-state index contributed by atoms with van der Waals surface area (Å²) < 4.78 is 18.3. The first-order valence-electron chi connectivity index (χ1n) is 13.4. The maximum Gasteiger partial charge on any atom is 0.349 e. The van der Waals surface area contributed by atoms with Crippen molar-refractivity contribution in [2.45, 2.75) is 79.0 Å². The molecule has 0 bridgehead atoms. The van der Waals surface area contributed by atoms with Gasteiger partial charge in [-0.05, 0) is 61.9 Å². The van der Waals surface area contributed by atoms with Gasteiger partial charge in [0.2, 0.25) is 0 Å². The quantitative estimate of drug-likeness (QED) is 0.307. The number of methoxy groups -OCH3 is 1. The number of hydrogen-bond donors (Lipinski definition) is 1. The lowest BCUT2D eigenvalue weighted by atomic mass is 9.86. The van der Waals surface area contributed by atoms with Gasteiger partial charge in [0.25, 0.3) is 5.91 Å². The average Bonchev–Trinajstić information content (AvgIpc) is 3.31. The van der Waals surface area contributed by atoms with Crippen LogP contribution in [0.4, 0.5) is 0 Å². The average molecular weight is 536 g/mol. The number of amides is 1. The fourth-order valence-electron chi connectivity index (χ4n) is 4.06.